The van der Waals surface area contributed by atoms with E-state index in [0.29, 0.717) is 24.4 Å². The van der Waals surface area contributed by atoms with E-state index in [2.05, 4.69) is 92.6 Å². The fourth-order valence-electron chi connectivity index (χ4n) is 4.37. The van der Waals surface area contributed by atoms with E-state index in [9.17, 15) is 9.59 Å². The maximum absolute atomic E-state index is 11.8. The summed E-state index contributed by atoms with van der Waals surface area (Å²) in [6.07, 6.45) is 3.32. The molecule has 0 spiro atoms. The number of ketones is 2. The van der Waals surface area contributed by atoms with Gasteiger partial charge in [0.25, 0.3) is 3.25 Å². The van der Waals surface area contributed by atoms with Crippen LogP contribution in [0.4, 0.5) is 0 Å². The second kappa shape index (κ2) is 14.9. The van der Waals surface area contributed by atoms with Crippen molar-refractivity contribution in [2.45, 2.75) is 79.7 Å². The molecule has 2 aliphatic carbocycles. The quantitative estimate of drug-likeness (QED) is 0.187. The molecular weight excluding hydrogens is 635 g/mol. The van der Waals surface area contributed by atoms with Gasteiger partial charge in [-0.05, 0) is 59.4 Å². The molecule has 0 aliphatic heterocycles. The topological polar surface area (TPSA) is 46.5 Å². The van der Waals surface area contributed by atoms with Crippen molar-refractivity contribution < 1.29 is 9.59 Å². The van der Waals surface area contributed by atoms with Gasteiger partial charge in [-0.1, -0.05) is 120 Å². The van der Waals surface area contributed by atoms with Gasteiger partial charge in [0, 0.05) is 29.3 Å². The van der Waals surface area contributed by atoms with Gasteiger partial charge in [0.2, 0.25) is 0 Å². The molecule has 0 saturated carbocycles. The van der Waals surface area contributed by atoms with E-state index in [1.807, 2.05) is 19.1 Å². The second-order valence-electron chi connectivity index (χ2n) is 10.2. The molecule has 37 heavy (non-hydrogen) atoms. The summed E-state index contributed by atoms with van der Waals surface area (Å²) in [5.74, 6) is 0.607. The number of hydrogen-bond donors (Lipinski definition) is 1. The van der Waals surface area contributed by atoms with Crippen molar-refractivity contribution in [1.82, 2.24) is 0 Å². The summed E-state index contributed by atoms with van der Waals surface area (Å²) in [6, 6.07) is 12.5. The van der Waals surface area contributed by atoms with Crippen LogP contribution < -0.4 is 0 Å². The fourth-order valence-corrected chi connectivity index (χ4v) is 4.71. The fraction of sp³-hybridized carbons (Fsp3) is 0.481. The molecular formula is C27H32BBrCl4NO2S. The van der Waals surface area contributed by atoms with Crippen LogP contribution in [0, 0.1) is 6.92 Å². The predicted octanol–water partition coefficient (Wildman–Crippen LogP) is 9.82. The first-order chi connectivity index (χ1) is 17.0. The number of fused-ring (bicyclic) bond motifs is 2. The number of halogens is 5. The zero-order valence-corrected chi connectivity index (χ0v) is 27.2. The minimum atomic E-state index is -1.61. The molecule has 10 heteroatoms. The number of nitrogens with zero attached hydrogens (tertiary/aromatic N) is 1. The molecule has 2 aliphatic rings. The average molecular weight is 667 g/mol. The molecule has 201 valence electrons. The summed E-state index contributed by atoms with van der Waals surface area (Å²) in [5.41, 5.74) is 6.98. The van der Waals surface area contributed by atoms with E-state index in [1.165, 1.54) is 22.3 Å². The first kappa shape index (κ1) is 34.7. The normalized spacial score (nSPS) is 16.8. The summed E-state index contributed by atoms with van der Waals surface area (Å²) in [5, 5.41) is 0.813. The Morgan fingerprint density at radius 2 is 1.27 bits per heavy atom. The van der Waals surface area contributed by atoms with Gasteiger partial charge in [0.05, 0.1) is 0 Å². The molecule has 2 aromatic rings. The van der Waals surface area contributed by atoms with Crippen molar-refractivity contribution in [1.29, 1.82) is 0 Å². The third-order valence-corrected chi connectivity index (χ3v) is 7.07. The van der Waals surface area contributed by atoms with Gasteiger partial charge in [-0.3, -0.25) is 9.59 Å². The summed E-state index contributed by atoms with van der Waals surface area (Å²) in [7, 11) is 4.34. The Kier molecular flexibility index (Phi) is 13.9. The van der Waals surface area contributed by atoms with Crippen LogP contribution >= 0.6 is 75.1 Å². The van der Waals surface area contributed by atoms with Gasteiger partial charge in [-0.25, -0.2) is 0 Å². The number of benzene rings is 2. The number of carbonyl (C=O) groups is 2. The average Bonchev–Trinajstić information content (AvgIpc) is 2.79. The number of alkyl halides is 5. The second-order valence-corrected chi connectivity index (χ2v) is 14.4. The molecule has 0 N–H and O–H groups in total. The van der Waals surface area contributed by atoms with Crippen molar-refractivity contribution in [2.24, 2.45) is 4.30 Å². The van der Waals surface area contributed by atoms with Gasteiger partial charge in [-0.15, -0.1) is 0 Å². The Labute approximate surface area is 256 Å². The minimum absolute atomic E-state index is 0.147. The van der Waals surface area contributed by atoms with Crippen molar-refractivity contribution >= 4 is 94.4 Å². The van der Waals surface area contributed by atoms with E-state index in [1.54, 1.807) is 0 Å². The van der Waals surface area contributed by atoms with E-state index < -0.39 is 3.25 Å². The van der Waals surface area contributed by atoms with Gasteiger partial charge >= 0.3 is 24.8 Å². The monoisotopic (exact) mass is 664 g/mol. The molecule has 0 unspecified atom stereocenters. The number of hydrogen-bond acceptors (Lipinski definition) is 4. The van der Waals surface area contributed by atoms with Crippen molar-refractivity contribution in [3.05, 3.63) is 69.8 Å². The summed E-state index contributed by atoms with van der Waals surface area (Å²) < 4.78 is 1.08. The van der Waals surface area contributed by atoms with E-state index in [0.717, 1.165) is 29.3 Å². The molecule has 0 heterocycles. The summed E-state index contributed by atoms with van der Waals surface area (Å²) >= 11 is 25.9. The first-order valence-corrected chi connectivity index (χ1v) is 14.7. The summed E-state index contributed by atoms with van der Waals surface area (Å²) in [4.78, 5) is 23.6. The SMILES string of the molecule is CC1(C)CCC(=O)c2cc(CBr)ccc21.Cc1ccc2c(c1)C(=O)CCC2(C)C.ClC(Cl)(Cl)Cl.[B]=NS. The number of rotatable bonds is 1. The molecule has 0 fully saturated rings. The molecule has 4 rings (SSSR count). The zero-order chi connectivity index (χ0) is 28.6. The first-order valence-electron chi connectivity index (χ1n) is 11.6. The Hall–Kier alpha value is -0.365. The molecule has 0 atom stereocenters. The van der Waals surface area contributed by atoms with E-state index in [-0.39, 0.29) is 10.8 Å². The number of aryl methyl sites for hydroxylation is 1. The molecule has 3 nitrogen and oxygen atoms in total. The van der Waals surface area contributed by atoms with Crippen LogP contribution in [0.15, 0.2) is 40.7 Å². The van der Waals surface area contributed by atoms with Crippen molar-refractivity contribution in [2.75, 3.05) is 0 Å². The van der Waals surface area contributed by atoms with Crippen LogP contribution in [-0.2, 0) is 16.2 Å². The Morgan fingerprint density at radius 1 is 0.892 bits per heavy atom. The molecule has 0 aromatic heterocycles. The van der Waals surface area contributed by atoms with Crippen LogP contribution in [-0.4, -0.2) is 22.5 Å². The third kappa shape index (κ3) is 11.3. The molecule has 0 bridgehead atoms. The molecule has 2 aromatic carbocycles. The van der Waals surface area contributed by atoms with Crippen LogP contribution in [0.3, 0.4) is 0 Å². The summed E-state index contributed by atoms with van der Waals surface area (Å²) in [6.45, 7) is 10.9. The maximum atomic E-state index is 11.8. The van der Waals surface area contributed by atoms with Gasteiger partial charge in [-0.2, -0.15) is 0 Å². The predicted molar refractivity (Wildman–Crippen MR) is 167 cm³/mol. The van der Waals surface area contributed by atoms with Crippen LogP contribution in [0.5, 0.6) is 0 Å². The molecule has 1 radical (unpaired) electrons. The molecule has 0 saturated heterocycles. The Balaban J connectivity index is 0.000000289. The van der Waals surface area contributed by atoms with Crippen LogP contribution in [0.25, 0.3) is 0 Å². The van der Waals surface area contributed by atoms with Crippen LogP contribution in [0.1, 0.15) is 96.3 Å². The van der Waals surface area contributed by atoms with Gasteiger partial charge < -0.3 is 0 Å². The van der Waals surface area contributed by atoms with Crippen LogP contribution in [0.2, 0.25) is 0 Å². The Bertz CT molecular complexity index is 1110. The number of carbonyl (C=O) groups excluding carboxylic acids is 2. The number of Topliss-reactive ketones (excluding diaryl/α,β-unsaturated/α-hetero) is 2. The van der Waals surface area contributed by atoms with E-state index in [4.69, 9.17) is 46.4 Å². The van der Waals surface area contributed by atoms with Gasteiger partial charge in [0.1, 0.15) is 0 Å². The Morgan fingerprint density at radius 3 is 1.68 bits per heavy atom. The third-order valence-electron chi connectivity index (χ3n) is 6.43. The zero-order valence-electron chi connectivity index (χ0n) is 21.7. The standard InChI is InChI=1S/C13H15BrO.C13H16O.CCl4.BHNS/c1-13(2)6-5-12(15)10-7-9(8-14)3-4-11(10)13;1-9-4-5-11-10(8-9)12(14)6-7-13(11,2)3;2-1(3,4)5;1-2-3/h3-4,7H,5-6,8H2,1-2H3;4-5,8H,6-7H2,1-3H3;;3H. The molecule has 0 amide bonds. The van der Waals surface area contributed by atoms with Gasteiger partial charge in [0.15, 0.2) is 11.6 Å². The van der Waals surface area contributed by atoms with E-state index >= 15 is 0 Å². The van der Waals surface area contributed by atoms with Crippen molar-refractivity contribution in [3.63, 3.8) is 0 Å². The number of thiol groups is 1. The van der Waals surface area contributed by atoms with Crippen molar-refractivity contribution in [3.8, 4) is 0 Å².